The highest BCUT2D eigenvalue weighted by Crippen LogP contribution is 2.36. The third-order valence-corrected chi connectivity index (χ3v) is 5.81. The Kier molecular flexibility index (Phi) is 3.01. The van der Waals surface area contributed by atoms with E-state index in [0.29, 0.717) is 12.1 Å². The van der Waals surface area contributed by atoms with Crippen molar-refractivity contribution in [3.8, 4) is 0 Å². The van der Waals surface area contributed by atoms with E-state index in [4.69, 9.17) is 0 Å². The number of thiophene rings is 1. The second-order valence-corrected chi connectivity index (χ2v) is 7.02. The van der Waals surface area contributed by atoms with Crippen LogP contribution in [0.3, 0.4) is 0 Å². The highest BCUT2D eigenvalue weighted by Gasteiger charge is 2.43. The number of nitrogens with zero attached hydrogens (tertiary/aromatic N) is 4. The topological polar surface area (TPSA) is 32.3 Å². The van der Waals surface area contributed by atoms with E-state index in [1.165, 1.54) is 24.3 Å². The minimum absolute atomic E-state index is 0.646. The van der Waals surface area contributed by atoms with E-state index in [-0.39, 0.29) is 0 Å². The van der Waals surface area contributed by atoms with Gasteiger partial charge < -0.3 is 4.90 Å². The third kappa shape index (κ3) is 2.07. The van der Waals surface area contributed by atoms with Gasteiger partial charge in [-0.25, -0.2) is 0 Å². The molecule has 2 saturated heterocycles. The van der Waals surface area contributed by atoms with Crippen molar-refractivity contribution in [3.63, 3.8) is 0 Å². The van der Waals surface area contributed by atoms with E-state index in [9.17, 15) is 0 Å². The zero-order chi connectivity index (χ0) is 12.7. The lowest BCUT2D eigenvalue weighted by molar-refractivity contribution is 0.248. The van der Waals surface area contributed by atoms with E-state index in [1.54, 1.807) is 11.3 Å². The Morgan fingerprint density at radius 2 is 2.16 bits per heavy atom. The lowest BCUT2D eigenvalue weighted by Crippen LogP contribution is -2.36. The summed E-state index contributed by atoms with van der Waals surface area (Å²) in [5.74, 6) is 0. The Hall–Kier alpha value is -0.980. The van der Waals surface area contributed by atoms with Crippen LogP contribution >= 0.6 is 22.7 Å². The van der Waals surface area contributed by atoms with Gasteiger partial charge in [0.1, 0.15) is 5.51 Å². The van der Waals surface area contributed by atoms with Gasteiger partial charge in [0, 0.05) is 36.6 Å². The molecule has 0 bridgehead atoms. The Balaban J connectivity index is 1.49. The molecule has 0 radical (unpaired) electrons. The van der Waals surface area contributed by atoms with Gasteiger partial charge >= 0.3 is 0 Å². The van der Waals surface area contributed by atoms with Crippen LogP contribution in [0.2, 0.25) is 0 Å². The van der Waals surface area contributed by atoms with Crippen LogP contribution in [0.4, 0.5) is 5.13 Å². The number of aromatic nitrogens is 2. The molecular formula is C13H16N4S2. The Morgan fingerprint density at radius 1 is 1.21 bits per heavy atom. The largest absolute Gasteiger partial charge is 0.342 e. The maximum absolute atomic E-state index is 4.24. The molecule has 2 aliphatic rings. The highest BCUT2D eigenvalue weighted by atomic mass is 32.1. The Bertz CT molecular complexity index is 525. The monoisotopic (exact) mass is 292 g/mol. The zero-order valence-corrected chi connectivity index (χ0v) is 12.2. The molecule has 0 N–H and O–H groups in total. The first-order chi connectivity index (χ1) is 9.42. The van der Waals surface area contributed by atoms with E-state index < -0.39 is 0 Å². The maximum atomic E-state index is 4.24. The first-order valence-electron chi connectivity index (χ1n) is 6.71. The van der Waals surface area contributed by atoms with Crippen LogP contribution in [0.25, 0.3) is 0 Å². The summed E-state index contributed by atoms with van der Waals surface area (Å²) in [6.07, 6.45) is 2.52. The van der Waals surface area contributed by atoms with Crippen molar-refractivity contribution in [2.45, 2.75) is 31.5 Å². The average molecular weight is 292 g/mol. The highest BCUT2D eigenvalue weighted by molar-refractivity contribution is 7.13. The summed E-state index contributed by atoms with van der Waals surface area (Å²) in [5.41, 5.74) is 1.83. The van der Waals surface area contributed by atoms with E-state index in [1.807, 2.05) is 16.8 Å². The van der Waals surface area contributed by atoms with Gasteiger partial charge in [0.2, 0.25) is 5.13 Å². The maximum Gasteiger partial charge on any atom is 0.208 e. The molecule has 0 unspecified atom stereocenters. The van der Waals surface area contributed by atoms with Crippen LogP contribution in [0.5, 0.6) is 0 Å². The molecular weight excluding hydrogens is 276 g/mol. The minimum Gasteiger partial charge on any atom is -0.342 e. The quantitative estimate of drug-likeness (QED) is 0.870. The van der Waals surface area contributed by atoms with Crippen molar-refractivity contribution in [1.82, 2.24) is 15.1 Å². The normalized spacial score (nSPS) is 27.1. The van der Waals surface area contributed by atoms with Crippen LogP contribution in [0.15, 0.2) is 23.0 Å². The molecule has 100 valence electrons. The van der Waals surface area contributed by atoms with Crippen molar-refractivity contribution < 1.29 is 0 Å². The van der Waals surface area contributed by atoms with Crippen LogP contribution in [0.1, 0.15) is 17.7 Å². The predicted molar refractivity (Wildman–Crippen MR) is 78.8 cm³/mol. The molecule has 0 aliphatic carbocycles. The summed E-state index contributed by atoms with van der Waals surface area (Å²) in [7, 11) is 0. The number of rotatable bonds is 3. The molecule has 4 nitrogen and oxygen atoms in total. The van der Waals surface area contributed by atoms with Crippen LogP contribution in [-0.4, -0.2) is 40.3 Å². The summed E-state index contributed by atoms with van der Waals surface area (Å²) in [6, 6.07) is 5.74. The van der Waals surface area contributed by atoms with Gasteiger partial charge in [-0.15, -0.1) is 21.5 Å². The fourth-order valence-electron chi connectivity index (χ4n) is 3.40. The van der Waals surface area contributed by atoms with Crippen molar-refractivity contribution in [1.29, 1.82) is 0 Å². The SMILES string of the molecule is c1csc(CN2CC[C@@H]3[C@@H]2CCN3c2nncs2)c1. The number of anilines is 1. The van der Waals surface area contributed by atoms with Crippen LogP contribution in [0, 0.1) is 0 Å². The number of fused-ring (bicyclic) bond motifs is 1. The minimum atomic E-state index is 0.646. The Labute approximate surface area is 120 Å². The molecule has 0 aromatic carbocycles. The van der Waals surface area contributed by atoms with Gasteiger partial charge in [0.15, 0.2) is 0 Å². The van der Waals surface area contributed by atoms with E-state index >= 15 is 0 Å². The van der Waals surface area contributed by atoms with Crippen molar-refractivity contribution in [2.24, 2.45) is 0 Å². The molecule has 4 heterocycles. The molecule has 2 atom stereocenters. The van der Waals surface area contributed by atoms with Gasteiger partial charge in [-0.3, -0.25) is 4.90 Å². The van der Waals surface area contributed by atoms with Crippen molar-refractivity contribution in [3.05, 3.63) is 27.9 Å². The number of hydrogen-bond donors (Lipinski definition) is 0. The lowest BCUT2D eigenvalue weighted by Gasteiger charge is -2.24. The summed E-state index contributed by atoms with van der Waals surface area (Å²) in [4.78, 5) is 6.60. The summed E-state index contributed by atoms with van der Waals surface area (Å²) in [5, 5.41) is 11.5. The molecule has 2 aromatic rings. The number of likely N-dealkylation sites (tertiary alicyclic amines) is 1. The van der Waals surface area contributed by atoms with Crippen molar-refractivity contribution in [2.75, 3.05) is 18.0 Å². The molecule has 0 amide bonds. The Morgan fingerprint density at radius 3 is 2.95 bits per heavy atom. The molecule has 2 aromatic heterocycles. The molecule has 0 saturated carbocycles. The van der Waals surface area contributed by atoms with Crippen molar-refractivity contribution >= 4 is 27.8 Å². The molecule has 6 heteroatoms. The second kappa shape index (κ2) is 4.85. The van der Waals surface area contributed by atoms with Gasteiger partial charge in [-0.1, -0.05) is 17.4 Å². The smallest absolute Gasteiger partial charge is 0.208 e. The molecule has 2 aliphatic heterocycles. The van der Waals surface area contributed by atoms with E-state index in [2.05, 4.69) is 37.5 Å². The standard InChI is InChI=1S/C13H16N4S2/c1-2-10(18-7-1)8-16-5-3-12-11(16)4-6-17(12)13-15-14-9-19-13/h1-2,7,9,11-12H,3-6,8H2/t11-,12+/m0/s1. The molecule has 19 heavy (non-hydrogen) atoms. The number of hydrogen-bond acceptors (Lipinski definition) is 6. The summed E-state index contributed by atoms with van der Waals surface area (Å²) in [6.45, 7) is 3.46. The zero-order valence-electron chi connectivity index (χ0n) is 10.6. The predicted octanol–water partition coefficient (Wildman–Crippen LogP) is 2.45. The molecule has 4 rings (SSSR count). The van der Waals surface area contributed by atoms with Gasteiger partial charge in [0.25, 0.3) is 0 Å². The van der Waals surface area contributed by atoms with Gasteiger partial charge in [-0.2, -0.15) is 0 Å². The fraction of sp³-hybridized carbons (Fsp3) is 0.538. The average Bonchev–Trinajstić information content (AvgIpc) is 3.15. The fourth-order valence-corrected chi connectivity index (χ4v) is 4.78. The first-order valence-corrected chi connectivity index (χ1v) is 8.47. The van der Waals surface area contributed by atoms with Crippen LogP contribution < -0.4 is 4.90 Å². The van der Waals surface area contributed by atoms with Gasteiger partial charge in [-0.05, 0) is 24.3 Å². The second-order valence-electron chi connectivity index (χ2n) is 5.18. The van der Waals surface area contributed by atoms with Crippen LogP contribution in [-0.2, 0) is 6.54 Å². The van der Waals surface area contributed by atoms with Gasteiger partial charge in [0.05, 0.1) is 0 Å². The first kappa shape index (κ1) is 11.8. The van der Waals surface area contributed by atoms with E-state index in [0.717, 1.165) is 18.2 Å². The lowest BCUT2D eigenvalue weighted by atomic mass is 10.1. The third-order valence-electron chi connectivity index (χ3n) is 4.22. The summed E-state index contributed by atoms with van der Waals surface area (Å²) >= 11 is 3.53. The summed E-state index contributed by atoms with van der Waals surface area (Å²) < 4.78 is 0. The molecule has 2 fully saturated rings. The molecule has 0 spiro atoms.